The van der Waals surface area contributed by atoms with Gasteiger partial charge in [-0.2, -0.15) is 5.10 Å². The molecule has 1 aliphatic rings. The lowest BCUT2D eigenvalue weighted by Crippen LogP contribution is -2.64. The van der Waals surface area contributed by atoms with Gasteiger partial charge in [0.2, 0.25) is 5.88 Å². The third-order valence-electron chi connectivity index (χ3n) is 5.63. The van der Waals surface area contributed by atoms with Gasteiger partial charge in [0.05, 0.1) is 29.6 Å². The zero-order chi connectivity index (χ0) is 19.8. The fourth-order valence-corrected chi connectivity index (χ4v) is 4.19. The van der Waals surface area contributed by atoms with Gasteiger partial charge in [-0.05, 0) is 31.7 Å². The molecule has 6 heteroatoms. The van der Waals surface area contributed by atoms with Gasteiger partial charge in [-0.25, -0.2) is 4.68 Å². The molecule has 0 bridgehead atoms. The van der Waals surface area contributed by atoms with Crippen LogP contribution in [0.5, 0.6) is 5.88 Å². The Morgan fingerprint density at radius 1 is 0.964 bits per heavy atom. The number of likely N-dealkylation sites (N-methyl/N-ethyl adjacent to an activating group) is 1. The number of aliphatic hydroxyl groups is 2. The maximum Gasteiger partial charge on any atom is 0.218 e. The largest absolute Gasteiger partial charge is 0.493 e. The third-order valence-corrected chi connectivity index (χ3v) is 5.63. The number of aliphatic hydroxyl groups excluding tert-OH is 2. The molecular weight excluding hydrogens is 354 g/mol. The average molecular weight is 379 g/mol. The predicted molar refractivity (Wildman–Crippen MR) is 106 cm³/mol. The maximum absolute atomic E-state index is 10.8. The molecule has 1 saturated carbocycles. The summed E-state index contributed by atoms with van der Waals surface area (Å²) in [6.45, 7) is 2.41. The van der Waals surface area contributed by atoms with E-state index in [1.807, 2.05) is 72.6 Å². The Balaban J connectivity index is 1.56. The lowest BCUT2D eigenvalue weighted by Gasteiger charge is -2.50. The van der Waals surface area contributed by atoms with Gasteiger partial charge in [-0.1, -0.05) is 48.5 Å². The van der Waals surface area contributed by atoms with Crippen LogP contribution < -0.4 is 0 Å². The first kappa shape index (κ1) is 18.7. The number of para-hydroxylation sites is 1. The van der Waals surface area contributed by atoms with Crippen molar-refractivity contribution in [2.75, 3.05) is 7.05 Å². The van der Waals surface area contributed by atoms with Gasteiger partial charge in [0.15, 0.2) is 0 Å². The van der Waals surface area contributed by atoms with Crippen LogP contribution in [0.2, 0.25) is 0 Å². The monoisotopic (exact) mass is 379 g/mol. The minimum Gasteiger partial charge on any atom is -0.493 e. The van der Waals surface area contributed by atoms with Crippen molar-refractivity contribution in [3.8, 4) is 11.6 Å². The molecule has 0 saturated heterocycles. The Hall–Kier alpha value is -2.67. The van der Waals surface area contributed by atoms with Gasteiger partial charge in [0.1, 0.15) is 0 Å². The molecule has 2 unspecified atom stereocenters. The lowest BCUT2D eigenvalue weighted by molar-refractivity contribution is -0.132. The van der Waals surface area contributed by atoms with Crippen molar-refractivity contribution in [3.05, 3.63) is 77.5 Å². The van der Waals surface area contributed by atoms with Crippen molar-refractivity contribution >= 4 is 0 Å². The molecule has 1 aromatic heterocycles. The van der Waals surface area contributed by atoms with Crippen molar-refractivity contribution in [1.82, 2.24) is 14.7 Å². The van der Waals surface area contributed by atoms with E-state index in [2.05, 4.69) is 5.10 Å². The number of hydrogen-bond acceptors (Lipinski definition) is 5. The van der Waals surface area contributed by atoms with Crippen molar-refractivity contribution in [3.63, 3.8) is 0 Å². The summed E-state index contributed by atoms with van der Waals surface area (Å²) in [4.78, 5) is 1.95. The van der Waals surface area contributed by atoms with Crippen molar-refractivity contribution in [2.24, 2.45) is 0 Å². The quantitative estimate of drug-likeness (QED) is 0.633. The molecular formula is C22H25N3O3. The molecule has 1 fully saturated rings. The summed E-state index contributed by atoms with van der Waals surface area (Å²) in [7, 11) is 1.89. The molecule has 0 spiro atoms. The van der Waals surface area contributed by atoms with Crippen molar-refractivity contribution in [1.29, 1.82) is 0 Å². The Labute approximate surface area is 164 Å². The molecule has 0 aliphatic heterocycles. The highest BCUT2D eigenvalue weighted by molar-refractivity contribution is 5.45. The number of hydrogen-bond donors (Lipinski definition) is 3. The number of rotatable bonds is 5. The van der Waals surface area contributed by atoms with Gasteiger partial charge in [-0.3, -0.25) is 4.90 Å². The number of nitrogens with zero attached hydrogens (tertiary/aromatic N) is 3. The van der Waals surface area contributed by atoms with Gasteiger partial charge in [0.25, 0.3) is 0 Å². The summed E-state index contributed by atoms with van der Waals surface area (Å²) in [5.41, 5.74) is 2.96. The molecule has 4 rings (SSSR count). The molecule has 6 nitrogen and oxygen atoms in total. The second-order valence-electron chi connectivity index (χ2n) is 7.47. The minimum absolute atomic E-state index is 0.0315. The van der Waals surface area contributed by atoms with Gasteiger partial charge < -0.3 is 15.3 Å². The first-order valence-electron chi connectivity index (χ1n) is 9.43. The van der Waals surface area contributed by atoms with Crippen LogP contribution in [-0.2, 0) is 6.54 Å². The van der Waals surface area contributed by atoms with Crippen molar-refractivity contribution < 1.29 is 15.3 Å². The van der Waals surface area contributed by atoms with Gasteiger partial charge in [0, 0.05) is 18.0 Å². The van der Waals surface area contributed by atoms with E-state index in [0.717, 1.165) is 11.3 Å². The molecule has 0 radical (unpaired) electrons. The van der Waals surface area contributed by atoms with E-state index in [0.29, 0.717) is 17.8 Å². The van der Waals surface area contributed by atoms with E-state index in [9.17, 15) is 15.3 Å². The summed E-state index contributed by atoms with van der Waals surface area (Å²) in [6, 6.07) is 18.9. The van der Waals surface area contributed by atoms with Crippen LogP contribution in [0.15, 0.2) is 60.7 Å². The SMILES string of the molecule is Cc1nn(-c2ccccc2)c(O)c1C1C(O)C(N(C)Cc2ccccc2)C1O. The zero-order valence-electron chi connectivity index (χ0n) is 16.0. The highest BCUT2D eigenvalue weighted by atomic mass is 16.3. The standard InChI is InChI=1S/C22H25N3O3/c1-14-17(22(28)25(23-14)16-11-7-4-8-12-16)18-20(26)19(21(18)27)24(2)13-15-9-5-3-6-10-15/h3-12,18-21,26-28H,13H2,1-2H3. The highest BCUT2D eigenvalue weighted by Gasteiger charge is 2.53. The fraction of sp³-hybridized carbons (Fsp3) is 0.318. The number of aromatic hydroxyl groups is 1. The number of aryl methyl sites for hydroxylation is 1. The lowest BCUT2D eigenvalue weighted by atomic mass is 9.69. The van der Waals surface area contributed by atoms with E-state index < -0.39 is 24.2 Å². The Morgan fingerprint density at radius 3 is 2.14 bits per heavy atom. The summed E-state index contributed by atoms with van der Waals surface area (Å²) >= 11 is 0. The molecule has 3 aromatic rings. The van der Waals surface area contributed by atoms with E-state index in [-0.39, 0.29) is 5.88 Å². The van der Waals surface area contributed by atoms with Crippen LogP contribution in [0.1, 0.15) is 22.7 Å². The third kappa shape index (κ3) is 3.09. The molecule has 1 aliphatic carbocycles. The van der Waals surface area contributed by atoms with Crippen LogP contribution in [-0.4, -0.2) is 55.3 Å². The highest BCUT2D eigenvalue weighted by Crippen LogP contribution is 2.45. The van der Waals surface area contributed by atoms with Crippen LogP contribution in [0.3, 0.4) is 0 Å². The van der Waals surface area contributed by atoms with Gasteiger partial charge in [-0.15, -0.1) is 0 Å². The Morgan fingerprint density at radius 2 is 1.54 bits per heavy atom. The smallest absolute Gasteiger partial charge is 0.218 e. The molecule has 3 N–H and O–H groups in total. The molecule has 28 heavy (non-hydrogen) atoms. The molecule has 2 aromatic carbocycles. The normalized spacial score (nSPS) is 24.3. The van der Waals surface area contributed by atoms with E-state index in [1.54, 1.807) is 6.92 Å². The summed E-state index contributed by atoms with van der Waals surface area (Å²) in [5.74, 6) is -0.600. The topological polar surface area (TPSA) is 81.8 Å². The number of aromatic nitrogens is 2. The number of benzene rings is 2. The minimum atomic E-state index is -0.790. The second-order valence-corrected chi connectivity index (χ2v) is 7.47. The Bertz CT molecular complexity index is 932. The maximum atomic E-state index is 10.8. The molecule has 2 atom stereocenters. The Kier molecular flexibility index (Phi) is 4.93. The van der Waals surface area contributed by atoms with Crippen LogP contribution in [0.25, 0.3) is 5.69 Å². The van der Waals surface area contributed by atoms with Crippen LogP contribution in [0.4, 0.5) is 0 Å². The van der Waals surface area contributed by atoms with Crippen LogP contribution in [0, 0.1) is 6.92 Å². The first-order chi connectivity index (χ1) is 13.5. The second kappa shape index (κ2) is 7.39. The summed E-state index contributed by atoms with van der Waals surface area (Å²) in [6.07, 6.45) is -1.58. The van der Waals surface area contributed by atoms with E-state index in [4.69, 9.17) is 0 Å². The fourth-order valence-electron chi connectivity index (χ4n) is 4.19. The molecule has 0 amide bonds. The van der Waals surface area contributed by atoms with Crippen molar-refractivity contribution in [2.45, 2.75) is 37.6 Å². The average Bonchev–Trinajstić information content (AvgIpc) is 2.98. The predicted octanol–water partition coefficient (Wildman–Crippen LogP) is 2.21. The first-order valence-corrected chi connectivity index (χ1v) is 9.43. The molecule has 146 valence electrons. The summed E-state index contributed by atoms with van der Waals surface area (Å²) in [5, 5.41) is 36.8. The zero-order valence-corrected chi connectivity index (χ0v) is 16.0. The van der Waals surface area contributed by atoms with Crippen LogP contribution >= 0.6 is 0 Å². The van der Waals surface area contributed by atoms with E-state index >= 15 is 0 Å². The molecule has 1 heterocycles. The van der Waals surface area contributed by atoms with E-state index in [1.165, 1.54) is 4.68 Å². The summed E-state index contributed by atoms with van der Waals surface area (Å²) < 4.78 is 1.45. The van der Waals surface area contributed by atoms with Gasteiger partial charge >= 0.3 is 0 Å².